The van der Waals surface area contributed by atoms with E-state index >= 15 is 0 Å². The lowest BCUT2D eigenvalue weighted by molar-refractivity contribution is -0.133. The van der Waals surface area contributed by atoms with Gasteiger partial charge in [0.25, 0.3) is 0 Å². The average molecular weight is 405 g/mol. The quantitative estimate of drug-likeness (QED) is 0.805. The number of nitrogens with zero attached hydrogens (tertiary/aromatic N) is 2. The maximum absolute atomic E-state index is 14.3. The Balaban J connectivity index is 1.49. The van der Waals surface area contributed by atoms with Gasteiger partial charge in [-0.15, -0.1) is 0 Å². The summed E-state index contributed by atoms with van der Waals surface area (Å²) in [6.07, 6.45) is 5.53. The van der Waals surface area contributed by atoms with Crippen LogP contribution in [0.3, 0.4) is 0 Å². The van der Waals surface area contributed by atoms with Gasteiger partial charge in [-0.1, -0.05) is 31.0 Å². The molecule has 6 nitrogen and oxygen atoms in total. The predicted molar refractivity (Wildman–Crippen MR) is 110 cm³/mol. The molecule has 3 heterocycles. The van der Waals surface area contributed by atoms with Crippen molar-refractivity contribution in [1.29, 1.82) is 0 Å². The van der Waals surface area contributed by atoms with Gasteiger partial charge in [0, 0.05) is 25.7 Å². The van der Waals surface area contributed by atoms with E-state index in [4.69, 9.17) is 4.74 Å². The summed E-state index contributed by atoms with van der Waals surface area (Å²) in [7, 11) is 0. The summed E-state index contributed by atoms with van der Waals surface area (Å²) in [5.74, 6) is -0.0655. The number of benzene rings is 1. The summed E-state index contributed by atoms with van der Waals surface area (Å²) in [5, 5.41) is 6.82. The first-order valence-corrected chi connectivity index (χ1v) is 11.0. The van der Waals surface area contributed by atoms with Crippen molar-refractivity contribution in [3.05, 3.63) is 35.6 Å². The molecule has 1 amide bonds. The molecule has 3 saturated heterocycles. The Bertz CT molecular complexity index is 703. The number of halogens is 1. The molecule has 2 unspecified atom stereocenters. The van der Waals surface area contributed by atoms with Crippen LogP contribution in [0.15, 0.2) is 24.3 Å². The van der Waals surface area contributed by atoms with Crippen LogP contribution in [-0.4, -0.2) is 66.5 Å². The van der Waals surface area contributed by atoms with Gasteiger partial charge in [-0.05, 0) is 37.8 Å². The van der Waals surface area contributed by atoms with Crippen molar-refractivity contribution in [2.75, 3.05) is 26.2 Å². The number of likely N-dealkylation sites (tertiary alicyclic amines) is 1. The number of hydrogen-bond acceptors (Lipinski definition) is 5. The Hall–Kier alpha value is -1.54. The molecule has 0 aliphatic carbocycles. The molecule has 1 aromatic rings. The van der Waals surface area contributed by atoms with E-state index in [1.807, 2.05) is 12.1 Å². The van der Waals surface area contributed by atoms with Crippen LogP contribution in [0.1, 0.15) is 44.6 Å². The van der Waals surface area contributed by atoms with E-state index in [1.54, 1.807) is 6.07 Å². The SMILES string of the molecule is C[C@@H]1CN(C2CC(=O)NC(N3CCCCC[C@@H]3Cc3ccccc3F)N2)CCO1. The third-order valence-corrected chi connectivity index (χ3v) is 6.41. The first kappa shape index (κ1) is 20.7. The molecule has 2 N–H and O–H groups in total. The monoisotopic (exact) mass is 404 g/mol. The molecule has 0 saturated carbocycles. The highest BCUT2D eigenvalue weighted by molar-refractivity contribution is 5.77. The van der Waals surface area contributed by atoms with Gasteiger partial charge < -0.3 is 10.1 Å². The van der Waals surface area contributed by atoms with E-state index < -0.39 is 0 Å². The molecular weight excluding hydrogens is 371 g/mol. The number of nitrogens with one attached hydrogen (secondary N) is 2. The molecule has 160 valence electrons. The fourth-order valence-electron chi connectivity index (χ4n) is 4.89. The zero-order chi connectivity index (χ0) is 20.2. The van der Waals surface area contributed by atoms with Crippen LogP contribution in [0.5, 0.6) is 0 Å². The van der Waals surface area contributed by atoms with Crippen LogP contribution < -0.4 is 10.6 Å². The number of ether oxygens (including phenoxy) is 1. The lowest BCUT2D eigenvalue weighted by Crippen LogP contribution is -2.69. The number of rotatable bonds is 4. The average Bonchev–Trinajstić information content (AvgIpc) is 2.95. The van der Waals surface area contributed by atoms with Gasteiger partial charge in [0.2, 0.25) is 5.91 Å². The highest BCUT2D eigenvalue weighted by Gasteiger charge is 2.37. The Morgan fingerprint density at radius 3 is 2.90 bits per heavy atom. The largest absolute Gasteiger partial charge is 0.376 e. The number of amides is 1. The molecule has 0 aromatic heterocycles. The molecule has 1 aromatic carbocycles. The Labute approximate surface area is 172 Å². The van der Waals surface area contributed by atoms with E-state index in [0.29, 0.717) is 19.4 Å². The molecular formula is C22H33FN4O2. The summed E-state index contributed by atoms with van der Waals surface area (Å²) in [4.78, 5) is 17.2. The standard InChI is InChI=1S/C22H33FN4O2/c1-16-15-26(11-12-29-16)20-14-21(28)25-22(24-20)27-10-6-2-3-8-18(27)13-17-7-4-5-9-19(17)23/h4-5,7,9,16,18,20,22,24H,2-3,6,8,10-15H2,1H3,(H,25,28)/t16-,18-,20?,22?/m1/s1. The topological polar surface area (TPSA) is 56.8 Å². The van der Waals surface area contributed by atoms with E-state index in [2.05, 4.69) is 27.4 Å². The number of hydrogen-bond donors (Lipinski definition) is 2. The molecule has 3 aliphatic heterocycles. The summed E-state index contributed by atoms with van der Waals surface area (Å²) >= 11 is 0. The molecule has 4 atom stereocenters. The fourth-order valence-corrected chi connectivity index (χ4v) is 4.89. The number of carbonyl (C=O) groups is 1. The smallest absolute Gasteiger partial charge is 0.225 e. The molecule has 3 fully saturated rings. The highest BCUT2D eigenvalue weighted by Crippen LogP contribution is 2.24. The first-order chi connectivity index (χ1) is 14.1. The Morgan fingerprint density at radius 1 is 1.21 bits per heavy atom. The van der Waals surface area contributed by atoms with E-state index in [1.165, 1.54) is 12.5 Å². The van der Waals surface area contributed by atoms with E-state index in [9.17, 15) is 9.18 Å². The van der Waals surface area contributed by atoms with Crippen molar-refractivity contribution in [1.82, 2.24) is 20.4 Å². The van der Waals surface area contributed by atoms with Gasteiger partial charge in [-0.2, -0.15) is 0 Å². The molecule has 3 aliphatic rings. The van der Waals surface area contributed by atoms with Gasteiger partial charge in [-0.3, -0.25) is 19.9 Å². The van der Waals surface area contributed by atoms with Crippen molar-refractivity contribution in [2.24, 2.45) is 0 Å². The lowest BCUT2D eigenvalue weighted by atomic mass is 10.00. The minimum atomic E-state index is -0.214. The summed E-state index contributed by atoms with van der Waals surface area (Å²) in [6.45, 7) is 5.34. The van der Waals surface area contributed by atoms with Crippen molar-refractivity contribution in [2.45, 2.75) is 70.0 Å². The van der Waals surface area contributed by atoms with Crippen LogP contribution in [0, 0.1) is 5.82 Å². The van der Waals surface area contributed by atoms with Crippen molar-refractivity contribution in [3.8, 4) is 0 Å². The summed E-state index contributed by atoms with van der Waals surface area (Å²) in [5.41, 5.74) is 0.755. The second-order valence-electron chi connectivity index (χ2n) is 8.57. The van der Waals surface area contributed by atoms with Gasteiger partial charge in [0.15, 0.2) is 0 Å². The molecule has 0 bridgehead atoms. The van der Waals surface area contributed by atoms with Gasteiger partial charge in [0.05, 0.1) is 25.3 Å². The van der Waals surface area contributed by atoms with Crippen LogP contribution in [-0.2, 0) is 16.0 Å². The second kappa shape index (κ2) is 9.51. The van der Waals surface area contributed by atoms with E-state index in [-0.39, 0.29) is 36.3 Å². The maximum Gasteiger partial charge on any atom is 0.225 e. The second-order valence-corrected chi connectivity index (χ2v) is 8.57. The van der Waals surface area contributed by atoms with Crippen LogP contribution >= 0.6 is 0 Å². The highest BCUT2D eigenvalue weighted by atomic mass is 19.1. The molecule has 4 rings (SSSR count). The molecule has 29 heavy (non-hydrogen) atoms. The van der Waals surface area contributed by atoms with Gasteiger partial charge in [-0.25, -0.2) is 4.39 Å². The van der Waals surface area contributed by atoms with Crippen LogP contribution in [0.25, 0.3) is 0 Å². The normalized spacial score (nSPS) is 32.6. The zero-order valence-corrected chi connectivity index (χ0v) is 17.3. The Morgan fingerprint density at radius 2 is 2.07 bits per heavy atom. The molecule has 7 heteroatoms. The minimum absolute atomic E-state index is 0.0115. The zero-order valence-electron chi connectivity index (χ0n) is 17.3. The number of morpholine rings is 1. The van der Waals surface area contributed by atoms with Crippen LogP contribution in [0.2, 0.25) is 0 Å². The lowest BCUT2D eigenvalue weighted by Gasteiger charge is -2.46. The molecule has 0 radical (unpaired) electrons. The van der Waals surface area contributed by atoms with E-state index in [0.717, 1.165) is 44.5 Å². The van der Waals surface area contributed by atoms with Gasteiger partial charge >= 0.3 is 0 Å². The minimum Gasteiger partial charge on any atom is -0.376 e. The summed E-state index contributed by atoms with van der Waals surface area (Å²) in [6, 6.07) is 7.25. The number of carbonyl (C=O) groups excluding carboxylic acids is 1. The van der Waals surface area contributed by atoms with Crippen LogP contribution in [0.4, 0.5) is 4.39 Å². The summed E-state index contributed by atoms with van der Waals surface area (Å²) < 4.78 is 20.0. The van der Waals surface area contributed by atoms with Crippen molar-refractivity contribution < 1.29 is 13.9 Å². The molecule has 0 spiro atoms. The third-order valence-electron chi connectivity index (χ3n) is 6.41. The third kappa shape index (κ3) is 5.15. The fraction of sp³-hybridized carbons (Fsp3) is 0.682. The van der Waals surface area contributed by atoms with Gasteiger partial charge in [0.1, 0.15) is 12.1 Å². The first-order valence-electron chi connectivity index (χ1n) is 11.0. The maximum atomic E-state index is 14.3. The predicted octanol–water partition coefficient (Wildman–Crippen LogP) is 2.05. The van der Waals surface area contributed by atoms with Crippen molar-refractivity contribution >= 4 is 5.91 Å². The van der Waals surface area contributed by atoms with Crippen molar-refractivity contribution in [3.63, 3.8) is 0 Å². The Kier molecular flexibility index (Phi) is 6.80.